The number of esters is 1. The van der Waals surface area contributed by atoms with Gasteiger partial charge >= 0.3 is 5.97 Å². The van der Waals surface area contributed by atoms with E-state index in [0.29, 0.717) is 24.3 Å². The molecule has 0 aliphatic carbocycles. The molecule has 0 saturated heterocycles. The van der Waals surface area contributed by atoms with Crippen molar-refractivity contribution in [1.82, 2.24) is 4.98 Å². The lowest BCUT2D eigenvalue weighted by atomic mass is 10.1. The number of benzene rings is 1. The van der Waals surface area contributed by atoms with Crippen LogP contribution in [-0.4, -0.2) is 31.2 Å². The normalized spacial score (nSPS) is 10.2. The highest BCUT2D eigenvalue weighted by Gasteiger charge is 2.08. The van der Waals surface area contributed by atoms with Gasteiger partial charge in [-0.3, -0.25) is 0 Å². The molecule has 21 heavy (non-hydrogen) atoms. The molecule has 1 aromatic heterocycles. The van der Waals surface area contributed by atoms with E-state index in [9.17, 15) is 4.79 Å². The van der Waals surface area contributed by atoms with Crippen molar-refractivity contribution in [2.75, 3.05) is 36.6 Å². The fourth-order valence-corrected chi connectivity index (χ4v) is 2.45. The van der Waals surface area contributed by atoms with Gasteiger partial charge in [0.25, 0.3) is 0 Å². The molecule has 112 valence electrons. The van der Waals surface area contributed by atoms with Gasteiger partial charge in [-0.25, -0.2) is 9.78 Å². The SMILES string of the molecule is COC(=O)c1ccc(N)c(NCCNc2ncc(C)s2)c1. The fraction of sp³-hybridized carbons (Fsp3) is 0.286. The Balaban J connectivity index is 1.89. The molecular weight excluding hydrogens is 288 g/mol. The standard InChI is InChI=1S/C14H18N4O2S/c1-9-8-18-14(21-9)17-6-5-16-12-7-10(13(19)20-2)3-4-11(12)15/h3-4,7-8,16H,5-6,15H2,1-2H3,(H,17,18). The molecular formula is C14H18N4O2S. The summed E-state index contributed by atoms with van der Waals surface area (Å²) in [6.45, 7) is 3.38. The van der Waals surface area contributed by atoms with Crippen LogP contribution in [0.5, 0.6) is 0 Å². The van der Waals surface area contributed by atoms with Crippen LogP contribution in [0, 0.1) is 6.92 Å². The number of rotatable bonds is 6. The van der Waals surface area contributed by atoms with Gasteiger partial charge in [0, 0.05) is 24.2 Å². The second-order valence-electron chi connectivity index (χ2n) is 4.42. The van der Waals surface area contributed by atoms with Gasteiger partial charge in [0.2, 0.25) is 0 Å². The number of nitrogens with zero attached hydrogens (tertiary/aromatic N) is 1. The maximum Gasteiger partial charge on any atom is 0.337 e. The van der Waals surface area contributed by atoms with Crippen LogP contribution in [0.2, 0.25) is 0 Å². The van der Waals surface area contributed by atoms with Crippen molar-refractivity contribution in [2.45, 2.75) is 6.92 Å². The van der Waals surface area contributed by atoms with E-state index >= 15 is 0 Å². The van der Waals surface area contributed by atoms with Crippen LogP contribution in [0.1, 0.15) is 15.2 Å². The lowest BCUT2D eigenvalue weighted by Crippen LogP contribution is -2.15. The lowest BCUT2D eigenvalue weighted by molar-refractivity contribution is 0.0601. The number of carbonyl (C=O) groups is 1. The van der Waals surface area contributed by atoms with Crippen LogP contribution in [-0.2, 0) is 4.74 Å². The van der Waals surface area contributed by atoms with Crippen LogP contribution < -0.4 is 16.4 Å². The molecule has 1 heterocycles. The van der Waals surface area contributed by atoms with Gasteiger partial charge in [-0.15, -0.1) is 11.3 Å². The number of nitrogens with two attached hydrogens (primary N) is 1. The molecule has 0 saturated carbocycles. The van der Waals surface area contributed by atoms with E-state index in [4.69, 9.17) is 10.5 Å². The predicted molar refractivity (Wildman–Crippen MR) is 86.0 cm³/mol. The number of nitrogen functional groups attached to an aromatic ring is 1. The van der Waals surface area contributed by atoms with Crippen molar-refractivity contribution in [2.24, 2.45) is 0 Å². The Morgan fingerprint density at radius 1 is 1.38 bits per heavy atom. The summed E-state index contributed by atoms with van der Waals surface area (Å²) in [5.74, 6) is -0.380. The van der Waals surface area contributed by atoms with Gasteiger partial charge in [-0.2, -0.15) is 0 Å². The number of aromatic nitrogens is 1. The van der Waals surface area contributed by atoms with Crippen LogP contribution in [0.25, 0.3) is 0 Å². The molecule has 0 fully saturated rings. The Kier molecular flexibility index (Phi) is 4.99. The van der Waals surface area contributed by atoms with Crippen molar-refractivity contribution < 1.29 is 9.53 Å². The summed E-state index contributed by atoms with van der Waals surface area (Å²) in [6.07, 6.45) is 1.83. The van der Waals surface area contributed by atoms with E-state index in [-0.39, 0.29) is 5.97 Å². The van der Waals surface area contributed by atoms with E-state index in [1.165, 1.54) is 12.0 Å². The van der Waals surface area contributed by atoms with Crippen LogP contribution in [0.4, 0.5) is 16.5 Å². The Hall–Kier alpha value is -2.28. The number of hydrogen-bond acceptors (Lipinski definition) is 7. The first kappa shape index (κ1) is 15.1. The number of aryl methyl sites for hydroxylation is 1. The molecule has 0 amide bonds. The second kappa shape index (κ2) is 6.94. The minimum absolute atomic E-state index is 0.380. The fourth-order valence-electron chi connectivity index (χ4n) is 1.76. The maximum atomic E-state index is 11.5. The van der Waals surface area contributed by atoms with E-state index in [2.05, 4.69) is 15.6 Å². The van der Waals surface area contributed by atoms with Gasteiger partial charge in [-0.1, -0.05) is 0 Å². The summed E-state index contributed by atoms with van der Waals surface area (Å²) in [5, 5.41) is 7.30. The zero-order valence-corrected chi connectivity index (χ0v) is 12.8. The number of thiazole rings is 1. The van der Waals surface area contributed by atoms with Crippen LogP contribution in [0.3, 0.4) is 0 Å². The summed E-state index contributed by atoms with van der Waals surface area (Å²) in [5.41, 5.74) is 7.66. The Morgan fingerprint density at radius 2 is 2.14 bits per heavy atom. The monoisotopic (exact) mass is 306 g/mol. The quantitative estimate of drug-likeness (QED) is 0.431. The minimum atomic E-state index is -0.380. The Labute approximate surface area is 127 Å². The topological polar surface area (TPSA) is 89.3 Å². The van der Waals surface area contributed by atoms with Gasteiger partial charge in [-0.05, 0) is 25.1 Å². The molecule has 2 rings (SSSR count). The number of nitrogens with one attached hydrogen (secondary N) is 2. The van der Waals surface area contributed by atoms with Crippen LogP contribution in [0.15, 0.2) is 24.4 Å². The number of carbonyl (C=O) groups excluding carboxylic acids is 1. The molecule has 7 heteroatoms. The third kappa shape index (κ3) is 4.09. The van der Waals surface area contributed by atoms with Gasteiger partial charge in [0.05, 0.1) is 24.0 Å². The zero-order valence-electron chi connectivity index (χ0n) is 12.0. The van der Waals surface area contributed by atoms with Crippen LogP contribution >= 0.6 is 11.3 Å². The molecule has 0 radical (unpaired) electrons. The lowest BCUT2D eigenvalue weighted by Gasteiger charge is -2.11. The van der Waals surface area contributed by atoms with E-state index in [1.54, 1.807) is 29.5 Å². The first-order chi connectivity index (χ1) is 10.1. The smallest absolute Gasteiger partial charge is 0.337 e. The summed E-state index contributed by atoms with van der Waals surface area (Å²) in [6, 6.07) is 5.02. The summed E-state index contributed by atoms with van der Waals surface area (Å²) >= 11 is 1.61. The molecule has 4 N–H and O–H groups in total. The predicted octanol–water partition coefficient (Wildman–Crippen LogP) is 2.34. The minimum Gasteiger partial charge on any atom is -0.465 e. The van der Waals surface area contributed by atoms with E-state index in [0.717, 1.165) is 10.8 Å². The third-order valence-corrected chi connectivity index (χ3v) is 3.68. The highest BCUT2D eigenvalue weighted by Crippen LogP contribution is 2.20. The third-order valence-electron chi connectivity index (χ3n) is 2.81. The number of methoxy groups -OCH3 is 1. The summed E-state index contributed by atoms with van der Waals surface area (Å²) < 4.78 is 4.69. The molecule has 1 aromatic carbocycles. The van der Waals surface area contributed by atoms with E-state index in [1.807, 2.05) is 13.1 Å². The van der Waals surface area contributed by atoms with Crippen molar-refractivity contribution in [1.29, 1.82) is 0 Å². The first-order valence-corrected chi connectivity index (χ1v) is 7.30. The van der Waals surface area contributed by atoms with Crippen molar-refractivity contribution in [3.63, 3.8) is 0 Å². The number of hydrogen-bond donors (Lipinski definition) is 3. The average Bonchev–Trinajstić information content (AvgIpc) is 2.90. The van der Waals surface area contributed by atoms with Gasteiger partial charge in [0.15, 0.2) is 5.13 Å². The maximum absolute atomic E-state index is 11.5. The van der Waals surface area contributed by atoms with Gasteiger partial charge < -0.3 is 21.1 Å². The molecule has 2 aromatic rings. The van der Waals surface area contributed by atoms with Crippen molar-refractivity contribution >= 4 is 33.8 Å². The second-order valence-corrected chi connectivity index (χ2v) is 5.66. The highest BCUT2D eigenvalue weighted by atomic mass is 32.1. The number of anilines is 3. The van der Waals surface area contributed by atoms with Gasteiger partial charge in [0.1, 0.15) is 0 Å². The molecule has 6 nitrogen and oxygen atoms in total. The van der Waals surface area contributed by atoms with Crippen molar-refractivity contribution in [3.8, 4) is 0 Å². The first-order valence-electron chi connectivity index (χ1n) is 6.48. The van der Waals surface area contributed by atoms with E-state index < -0.39 is 0 Å². The molecule has 0 spiro atoms. The Bertz CT molecular complexity index is 627. The summed E-state index contributed by atoms with van der Waals surface area (Å²) in [4.78, 5) is 16.9. The molecule has 0 bridgehead atoms. The Morgan fingerprint density at radius 3 is 2.81 bits per heavy atom. The van der Waals surface area contributed by atoms with Crippen molar-refractivity contribution in [3.05, 3.63) is 34.8 Å². The average molecular weight is 306 g/mol. The molecule has 0 atom stereocenters. The number of ether oxygens (including phenoxy) is 1. The molecule has 0 unspecified atom stereocenters. The summed E-state index contributed by atoms with van der Waals surface area (Å²) in [7, 11) is 1.35. The zero-order chi connectivity index (χ0) is 15.2. The molecule has 0 aliphatic heterocycles. The largest absolute Gasteiger partial charge is 0.465 e. The highest BCUT2D eigenvalue weighted by molar-refractivity contribution is 7.15. The molecule has 0 aliphatic rings.